The van der Waals surface area contributed by atoms with Crippen LogP contribution in [-0.4, -0.2) is 75.0 Å². The van der Waals surface area contributed by atoms with Crippen molar-refractivity contribution in [1.82, 2.24) is 0 Å². The first-order valence-corrected chi connectivity index (χ1v) is 8.50. The zero-order valence-corrected chi connectivity index (χ0v) is 16.6. The van der Waals surface area contributed by atoms with E-state index >= 15 is 0 Å². The Labute approximate surface area is 192 Å². The van der Waals surface area contributed by atoms with Gasteiger partial charge in [-0.25, -0.2) is 13.2 Å². The molecular formula is C13H19F17O5S. The molecule has 0 saturated carbocycles. The van der Waals surface area contributed by atoms with E-state index in [1.807, 2.05) is 0 Å². The summed E-state index contributed by atoms with van der Waals surface area (Å²) in [6, 6.07) is 0. The quantitative estimate of drug-likeness (QED) is 0.238. The van der Waals surface area contributed by atoms with Crippen LogP contribution < -0.4 is 0 Å². The van der Waals surface area contributed by atoms with E-state index in [2.05, 4.69) is 4.74 Å². The molecule has 0 aromatic rings. The van der Waals surface area contributed by atoms with Gasteiger partial charge in [0.1, 0.15) is 6.61 Å². The van der Waals surface area contributed by atoms with Crippen LogP contribution in [0.15, 0.2) is 0 Å². The van der Waals surface area contributed by atoms with Gasteiger partial charge in [-0.15, -0.1) is 0 Å². The standard InChI is InChI=1S/C7H3F13O5S.C3H5F3.CH3F.2CH4/c8-2(9,10)1-24-5(15,16)3(11,4(12,13)14)25-6(17,18)7(19,20)26(21,22)23;1-3(5,6)2-4;1-2;;/h1H2,(H,21,22,23);2H2,1H3;1H3;2*1H4. The molecule has 0 aliphatic heterocycles. The second-order valence-electron chi connectivity index (χ2n) is 5.33. The predicted molar refractivity (Wildman–Crippen MR) is 86.5 cm³/mol. The van der Waals surface area contributed by atoms with Crippen LogP contribution in [0.1, 0.15) is 21.8 Å². The third-order valence-electron chi connectivity index (χ3n) is 2.32. The van der Waals surface area contributed by atoms with Crippen LogP contribution in [-0.2, 0) is 19.6 Å². The van der Waals surface area contributed by atoms with Gasteiger partial charge in [0.05, 0.1) is 7.18 Å². The summed E-state index contributed by atoms with van der Waals surface area (Å²) in [5.41, 5.74) is 0. The molecule has 0 amide bonds. The van der Waals surface area contributed by atoms with E-state index < -0.39 is 65.0 Å². The fourth-order valence-corrected chi connectivity index (χ4v) is 1.28. The minimum atomic E-state index is -7.46. The predicted octanol–water partition coefficient (Wildman–Crippen LogP) is 6.95. The zero-order valence-electron chi connectivity index (χ0n) is 15.8. The molecule has 1 unspecified atom stereocenters. The minimum absolute atomic E-state index is 0. The van der Waals surface area contributed by atoms with Crippen LogP contribution in [0.4, 0.5) is 74.6 Å². The summed E-state index contributed by atoms with van der Waals surface area (Å²) >= 11 is 0. The van der Waals surface area contributed by atoms with Gasteiger partial charge >= 0.3 is 45.8 Å². The van der Waals surface area contributed by atoms with Gasteiger partial charge in [0.15, 0.2) is 6.67 Å². The molecular weight excluding hydrogens is 591 g/mol. The lowest BCUT2D eigenvalue weighted by molar-refractivity contribution is -0.516. The van der Waals surface area contributed by atoms with E-state index in [1.165, 1.54) is 0 Å². The van der Waals surface area contributed by atoms with Gasteiger partial charge in [0.25, 0.3) is 5.92 Å². The van der Waals surface area contributed by atoms with Crippen molar-refractivity contribution in [3.05, 3.63) is 0 Å². The Bertz CT molecular complexity index is 714. The SMILES string of the molecule is C.C.CC(F)(F)CF.CF.O=S(=O)(O)C(F)(F)C(F)(F)OC(F)(C(F)(F)F)C(F)(F)OCC(F)(F)F. The first-order valence-electron chi connectivity index (χ1n) is 7.06. The van der Waals surface area contributed by atoms with Crippen molar-refractivity contribution in [2.24, 2.45) is 0 Å². The fourth-order valence-electron chi connectivity index (χ4n) is 0.934. The molecule has 0 spiro atoms. The van der Waals surface area contributed by atoms with Crippen molar-refractivity contribution in [3.63, 3.8) is 0 Å². The van der Waals surface area contributed by atoms with Crippen LogP contribution in [0.2, 0.25) is 0 Å². The van der Waals surface area contributed by atoms with Crippen molar-refractivity contribution in [2.45, 2.75) is 63.4 Å². The Balaban J connectivity index is -0.000000279. The molecule has 0 fully saturated rings. The van der Waals surface area contributed by atoms with Crippen molar-refractivity contribution >= 4 is 10.1 Å². The van der Waals surface area contributed by atoms with E-state index in [-0.39, 0.29) is 14.9 Å². The molecule has 5 nitrogen and oxygen atoms in total. The van der Waals surface area contributed by atoms with Gasteiger partial charge in [-0.3, -0.25) is 13.7 Å². The summed E-state index contributed by atoms with van der Waals surface area (Å²) < 4.78 is 236. The normalized spacial score (nSPS) is 15.1. The van der Waals surface area contributed by atoms with Crippen LogP contribution in [0.25, 0.3) is 0 Å². The van der Waals surface area contributed by atoms with Crippen molar-refractivity contribution in [1.29, 1.82) is 0 Å². The van der Waals surface area contributed by atoms with Crippen LogP contribution in [0.5, 0.6) is 0 Å². The highest BCUT2D eigenvalue weighted by molar-refractivity contribution is 7.86. The Morgan fingerprint density at radius 2 is 1.03 bits per heavy atom. The first kappa shape index (κ1) is 44.6. The average molecular weight is 610 g/mol. The number of hydrogen-bond acceptors (Lipinski definition) is 4. The monoisotopic (exact) mass is 610 g/mol. The summed E-state index contributed by atoms with van der Waals surface area (Å²) in [7, 11) is -6.87. The van der Waals surface area contributed by atoms with E-state index in [9.17, 15) is 83.1 Å². The smallest absolute Gasteiger partial charge is 0.306 e. The second-order valence-corrected chi connectivity index (χ2v) is 6.79. The van der Waals surface area contributed by atoms with Gasteiger partial charge in [0, 0.05) is 6.92 Å². The van der Waals surface area contributed by atoms with Gasteiger partial charge in [0.2, 0.25) is 0 Å². The van der Waals surface area contributed by atoms with Crippen LogP contribution in [0, 0.1) is 0 Å². The molecule has 0 aliphatic rings. The maximum atomic E-state index is 13.4. The molecule has 0 saturated heterocycles. The summed E-state index contributed by atoms with van der Waals surface area (Å²) in [5.74, 6) is -10.5. The van der Waals surface area contributed by atoms with Crippen LogP contribution >= 0.6 is 0 Å². The molecule has 0 radical (unpaired) electrons. The topological polar surface area (TPSA) is 72.8 Å². The Kier molecular flexibility index (Phi) is 17.3. The molecule has 0 rings (SSSR count). The van der Waals surface area contributed by atoms with Gasteiger partial charge in [-0.05, 0) is 0 Å². The van der Waals surface area contributed by atoms with E-state index in [4.69, 9.17) is 4.55 Å². The van der Waals surface area contributed by atoms with Crippen molar-refractivity contribution in [3.8, 4) is 0 Å². The summed E-state index contributed by atoms with van der Waals surface area (Å²) in [6.45, 7) is -4.41. The highest BCUT2D eigenvalue weighted by Crippen LogP contribution is 2.52. The van der Waals surface area contributed by atoms with E-state index in [0.29, 0.717) is 14.1 Å². The minimum Gasteiger partial charge on any atom is -0.306 e. The van der Waals surface area contributed by atoms with E-state index in [0.717, 1.165) is 0 Å². The number of hydrogen-bond donors (Lipinski definition) is 1. The molecule has 0 aromatic carbocycles. The van der Waals surface area contributed by atoms with Crippen molar-refractivity contribution < 1.29 is 97.1 Å². The summed E-state index contributed by atoms with van der Waals surface area (Å²) in [5, 5.41) is -7.12. The first-order chi connectivity index (χ1) is 14.5. The lowest BCUT2D eigenvalue weighted by atomic mass is 10.2. The largest absolute Gasteiger partial charge is 0.460 e. The van der Waals surface area contributed by atoms with Crippen LogP contribution in [0.3, 0.4) is 0 Å². The third kappa shape index (κ3) is 12.7. The number of ether oxygens (including phenoxy) is 2. The second kappa shape index (κ2) is 14.0. The molecule has 1 atom stereocenters. The number of rotatable bonds is 8. The highest BCUT2D eigenvalue weighted by atomic mass is 32.2. The zero-order chi connectivity index (χ0) is 28.8. The molecule has 226 valence electrons. The van der Waals surface area contributed by atoms with E-state index in [1.54, 1.807) is 4.74 Å². The molecule has 23 heteroatoms. The Morgan fingerprint density at radius 1 is 0.722 bits per heavy atom. The maximum Gasteiger partial charge on any atom is 0.460 e. The van der Waals surface area contributed by atoms with Gasteiger partial charge < -0.3 is 4.74 Å². The molecule has 0 heterocycles. The molecule has 0 aliphatic carbocycles. The molecule has 36 heavy (non-hydrogen) atoms. The molecule has 0 bridgehead atoms. The third-order valence-corrected chi connectivity index (χ3v) is 3.21. The number of alkyl halides is 17. The Morgan fingerprint density at radius 3 is 1.22 bits per heavy atom. The lowest BCUT2D eigenvalue weighted by Crippen LogP contribution is -2.64. The fraction of sp³-hybridized carbons (Fsp3) is 1.00. The lowest BCUT2D eigenvalue weighted by Gasteiger charge is -2.37. The van der Waals surface area contributed by atoms with Crippen molar-refractivity contribution in [2.75, 3.05) is 20.5 Å². The number of halogens is 17. The Hall–Kier alpha value is -1.36. The molecule has 1 N–H and O–H groups in total. The molecule has 0 aromatic heterocycles. The van der Waals surface area contributed by atoms with Gasteiger partial charge in [-0.2, -0.15) is 65.5 Å². The highest BCUT2D eigenvalue weighted by Gasteiger charge is 2.81. The van der Waals surface area contributed by atoms with Gasteiger partial charge in [-0.1, -0.05) is 14.9 Å². The average Bonchev–Trinajstić information content (AvgIpc) is 2.58. The summed E-state index contributed by atoms with van der Waals surface area (Å²) in [4.78, 5) is 0. The summed E-state index contributed by atoms with van der Waals surface area (Å²) in [6.07, 6.45) is -27.7. The maximum absolute atomic E-state index is 13.4.